The summed E-state index contributed by atoms with van der Waals surface area (Å²) in [6.45, 7) is 5.42. The molecule has 0 saturated heterocycles. The number of carbonyl (C=O) groups is 1. The second-order valence-corrected chi connectivity index (χ2v) is 7.31. The van der Waals surface area contributed by atoms with Crippen molar-refractivity contribution >= 4 is 40.3 Å². The number of aryl methyl sites for hydroxylation is 2. The average molecular weight is 406 g/mol. The molecule has 2 aromatic carbocycles. The summed E-state index contributed by atoms with van der Waals surface area (Å²) in [4.78, 5) is 15.9. The van der Waals surface area contributed by atoms with Crippen molar-refractivity contribution in [2.75, 3.05) is 10.6 Å². The second-order valence-electron chi connectivity index (χ2n) is 6.87. The number of aromatic nitrogens is 3. The number of nitrogens with zero attached hydrogens (tertiary/aromatic N) is 3. The monoisotopic (exact) mass is 405 g/mol. The van der Waals surface area contributed by atoms with Crippen LogP contribution in [-0.4, -0.2) is 20.5 Å². The molecule has 4 aromatic rings. The number of anilines is 3. The van der Waals surface area contributed by atoms with Crippen LogP contribution in [0.25, 0.3) is 16.8 Å². The Morgan fingerprint density at radius 1 is 1.00 bits per heavy atom. The van der Waals surface area contributed by atoms with Gasteiger partial charge in [-0.15, -0.1) is 0 Å². The molecule has 0 spiro atoms. The van der Waals surface area contributed by atoms with Crippen molar-refractivity contribution in [1.82, 2.24) is 14.6 Å². The van der Waals surface area contributed by atoms with Crippen LogP contribution in [0.2, 0.25) is 5.02 Å². The van der Waals surface area contributed by atoms with E-state index in [1.165, 1.54) is 6.92 Å². The molecular formula is C22H20ClN5O. The largest absolute Gasteiger partial charge is 0.340 e. The van der Waals surface area contributed by atoms with E-state index < -0.39 is 0 Å². The summed E-state index contributed by atoms with van der Waals surface area (Å²) >= 11 is 6.04. The molecule has 29 heavy (non-hydrogen) atoms. The zero-order chi connectivity index (χ0) is 20.5. The van der Waals surface area contributed by atoms with Crippen LogP contribution in [0.3, 0.4) is 0 Å². The summed E-state index contributed by atoms with van der Waals surface area (Å²) < 4.78 is 1.81. The van der Waals surface area contributed by atoms with Crippen LogP contribution >= 0.6 is 11.6 Å². The maximum Gasteiger partial charge on any atom is 0.221 e. The smallest absolute Gasteiger partial charge is 0.221 e. The van der Waals surface area contributed by atoms with Gasteiger partial charge in [0.15, 0.2) is 5.65 Å². The third-order valence-corrected chi connectivity index (χ3v) is 4.75. The van der Waals surface area contributed by atoms with Gasteiger partial charge >= 0.3 is 0 Å². The summed E-state index contributed by atoms with van der Waals surface area (Å²) in [7, 11) is 0. The van der Waals surface area contributed by atoms with Crippen LogP contribution in [0.4, 0.5) is 17.2 Å². The number of nitrogens with one attached hydrogen (secondary N) is 2. The van der Waals surface area contributed by atoms with Crippen molar-refractivity contribution in [3.8, 4) is 11.1 Å². The van der Waals surface area contributed by atoms with E-state index in [1.54, 1.807) is 0 Å². The van der Waals surface area contributed by atoms with Gasteiger partial charge in [0.1, 0.15) is 5.82 Å². The quantitative estimate of drug-likeness (QED) is 0.479. The Morgan fingerprint density at radius 3 is 2.31 bits per heavy atom. The summed E-state index contributed by atoms with van der Waals surface area (Å²) in [5, 5.41) is 11.6. The third-order valence-electron chi connectivity index (χ3n) is 4.50. The maximum absolute atomic E-state index is 11.2. The molecule has 0 aliphatic rings. The van der Waals surface area contributed by atoms with Crippen molar-refractivity contribution in [2.45, 2.75) is 20.8 Å². The van der Waals surface area contributed by atoms with Gasteiger partial charge in [0, 0.05) is 40.6 Å². The van der Waals surface area contributed by atoms with E-state index in [0.717, 1.165) is 45.4 Å². The van der Waals surface area contributed by atoms with E-state index in [-0.39, 0.29) is 5.91 Å². The Bertz CT molecular complexity index is 1200. The zero-order valence-electron chi connectivity index (χ0n) is 16.3. The highest BCUT2D eigenvalue weighted by atomic mass is 35.5. The van der Waals surface area contributed by atoms with Crippen LogP contribution in [-0.2, 0) is 4.79 Å². The Morgan fingerprint density at radius 2 is 1.66 bits per heavy atom. The first-order chi connectivity index (χ1) is 13.9. The van der Waals surface area contributed by atoms with Gasteiger partial charge in [0.2, 0.25) is 5.91 Å². The lowest BCUT2D eigenvalue weighted by molar-refractivity contribution is -0.114. The fourth-order valence-electron chi connectivity index (χ4n) is 3.28. The molecule has 4 rings (SSSR count). The Balaban J connectivity index is 1.75. The van der Waals surface area contributed by atoms with E-state index in [2.05, 4.69) is 10.6 Å². The van der Waals surface area contributed by atoms with E-state index in [1.807, 2.05) is 73.0 Å². The maximum atomic E-state index is 11.2. The molecule has 2 aromatic heterocycles. The Hall–Kier alpha value is -3.38. The van der Waals surface area contributed by atoms with Crippen LogP contribution in [0.1, 0.15) is 18.3 Å². The molecule has 0 aliphatic heterocycles. The van der Waals surface area contributed by atoms with Gasteiger partial charge in [-0.2, -0.15) is 9.61 Å². The number of rotatable bonds is 4. The minimum atomic E-state index is -0.0982. The van der Waals surface area contributed by atoms with Crippen molar-refractivity contribution in [3.05, 3.63) is 71.0 Å². The molecule has 0 unspecified atom stereocenters. The van der Waals surface area contributed by atoms with Crippen LogP contribution in [0.15, 0.2) is 54.6 Å². The number of halogens is 1. The van der Waals surface area contributed by atoms with Crippen LogP contribution < -0.4 is 10.6 Å². The molecule has 0 atom stereocenters. The Kier molecular flexibility index (Phi) is 4.94. The summed E-state index contributed by atoms with van der Waals surface area (Å²) in [5.41, 5.74) is 6.17. The molecule has 0 fully saturated rings. The molecule has 0 radical (unpaired) electrons. The topological polar surface area (TPSA) is 71.3 Å². The zero-order valence-corrected chi connectivity index (χ0v) is 17.1. The number of hydrogen-bond acceptors (Lipinski definition) is 4. The van der Waals surface area contributed by atoms with Crippen molar-refractivity contribution in [1.29, 1.82) is 0 Å². The van der Waals surface area contributed by atoms with Gasteiger partial charge in [-0.05, 0) is 55.8 Å². The Labute approximate surface area is 173 Å². The highest BCUT2D eigenvalue weighted by Crippen LogP contribution is 2.31. The van der Waals surface area contributed by atoms with Gasteiger partial charge < -0.3 is 10.6 Å². The van der Waals surface area contributed by atoms with Gasteiger partial charge in [-0.1, -0.05) is 23.7 Å². The van der Waals surface area contributed by atoms with Gasteiger partial charge in [0.05, 0.1) is 5.69 Å². The minimum absolute atomic E-state index is 0.0982. The number of carbonyl (C=O) groups excluding carboxylic acids is 1. The van der Waals surface area contributed by atoms with Crippen molar-refractivity contribution in [3.63, 3.8) is 0 Å². The molecule has 0 saturated carbocycles. The van der Waals surface area contributed by atoms with Gasteiger partial charge in [-0.3, -0.25) is 4.79 Å². The standard InChI is InChI=1S/C22H20ClN5O/c1-13-12-20(26-19-10-8-18(9-11-19)25-15(3)29)28-22(24-13)21(14(2)27-28)16-4-6-17(23)7-5-16/h4-12,26H,1-3H3,(H,25,29). The highest BCUT2D eigenvalue weighted by Gasteiger charge is 2.16. The highest BCUT2D eigenvalue weighted by molar-refractivity contribution is 6.30. The normalized spacial score (nSPS) is 10.9. The fourth-order valence-corrected chi connectivity index (χ4v) is 3.40. The van der Waals surface area contributed by atoms with E-state index in [9.17, 15) is 4.79 Å². The lowest BCUT2D eigenvalue weighted by atomic mass is 10.1. The lowest BCUT2D eigenvalue weighted by Gasteiger charge is -2.11. The molecule has 0 bridgehead atoms. The van der Waals surface area contributed by atoms with Crippen LogP contribution in [0.5, 0.6) is 0 Å². The molecular weight excluding hydrogens is 386 g/mol. The number of fused-ring (bicyclic) bond motifs is 1. The predicted octanol–water partition coefficient (Wildman–Crippen LogP) is 5.37. The lowest BCUT2D eigenvalue weighted by Crippen LogP contribution is -2.06. The van der Waals surface area contributed by atoms with Crippen LogP contribution in [0, 0.1) is 13.8 Å². The van der Waals surface area contributed by atoms with E-state index in [0.29, 0.717) is 5.02 Å². The number of amides is 1. The molecule has 6 nitrogen and oxygen atoms in total. The summed E-state index contributed by atoms with van der Waals surface area (Å²) in [6, 6.07) is 17.1. The molecule has 2 heterocycles. The number of benzene rings is 2. The van der Waals surface area contributed by atoms with Crippen molar-refractivity contribution in [2.24, 2.45) is 0 Å². The third kappa shape index (κ3) is 3.93. The SMILES string of the molecule is CC(=O)Nc1ccc(Nc2cc(C)nc3c(-c4ccc(Cl)cc4)c(C)nn23)cc1. The van der Waals surface area contributed by atoms with E-state index >= 15 is 0 Å². The molecule has 2 N–H and O–H groups in total. The minimum Gasteiger partial charge on any atom is -0.340 e. The summed E-state index contributed by atoms with van der Waals surface area (Å²) in [5.74, 6) is 0.710. The second kappa shape index (κ2) is 7.56. The molecule has 146 valence electrons. The predicted molar refractivity (Wildman–Crippen MR) is 117 cm³/mol. The van der Waals surface area contributed by atoms with E-state index in [4.69, 9.17) is 21.7 Å². The fraction of sp³-hybridized carbons (Fsp3) is 0.136. The average Bonchev–Trinajstić information content (AvgIpc) is 3.00. The first kappa shape index (κ1) is 19.0. The first-order valence-electron chi connectivity index (χ1n) is 9.18. The van der Waals surface area contributed by atoms with Crippen molar-refractivity contribution < 1.29 is 4.79 Å². The molecule has 7 heteroatoms. The van der Waals surface area contributed by atoms with Gasteiger partial charge in [-0.25, -0.2) is 4.98 Å². The first-order valence-corrected chi connectivity index (χ1v) is 9.56. The summed E-state index contributed by atoms with van der Waals surface area (Å²) in [6.07, 6.45) is 0. The molecule has 1 amide bonds. The number of hydrogen-bond donors (Lipinski definition) is 2. The molecule has 0 aliphatic carbocycles. The van der Waals surface area contributed by atoms with Gasteiger partial charge in [0.25, 0.3) is 0 Å².